The second kappa shape index (κ2) is 6.39. The van der Waals surface area contributed by atoms with Gasteiger partial charge in [0.2, 0.25) is 5.91 Å². The van der Waals surface area contributed by atoms with Gasteiger partial charge in [-0.1, -0.05) is 18.3 Å². The first-order chi connectivity index (χ1) is 8.41. The van der Waals surface area contributed by atoms with Gasteiger partial charge >= 0.3 is 0 Å². The number of benzene rings is 1. The molecular formula is C12H14F2N2OS. The lowest BCUT2D eigenvalue weighted by Gasteiger charge is -2.17. The Labute approximate surface area is 110 Å². The van der Waals surface area contributed by atoms with Gasteiger partial charge in [0, 0.05) is 25.6 Å². The highest BCUT2D eigenvalue weighted by molar-refractivity contribution is 7.80. The molecule has 0 unspecified atom stereocenters. The molecule has 0 heterocycles. The number of rotatable bonds is 5. The van der Waals surface area contributed by atoms with E-state index < -0.39 is 11.6 Å². The van der Waals surface area contributed by atoms with Crippen molar-refractivity contribution in [1.29, 1.82) is 0 Å². The summed E-state index contributed by atoms with van der Waals surface area (Å²) < 4.78 is 26.7. The van der Waals surface area contributed by atoms with E-state index in [2.05, 4.69) is 0 Å². The zero-order valence-corrected chi connectivity index (χ0v) is 10.8. The standard InChI is InChI=1S/C12H14F2N2OS/c1-16(6-5-11(15)18)12(17)7-8-9(13)3-2-4-10(8)14/h2-4H,5-7H2,1H3,(H2,15,18). The maximum atomic E-state index is 13.3. The van der Waals surface area contributed by atoms with Gasteiger partial charge in [-0.2, -0.15) is 0 Å². The van der Waals surface area contributed by atoms with Crippen LogP contribution >= 0.6 is 12.2 Å². The summed E-state index contributed by atoms with van der Waals surface area (Å²) in [6, 6.07) is 3.51. The summed E-state index contributed by atoms with van der Waals surface area (Å²) in [7, 11) is 1.54. The summed E-state index contributed by atoms with van der Waals surface area (Å²) >= 11 is 4.69. The molecule has 0 aliphatic heterocycles. The van der Waals surface area contributed by atoms with Crippen molar-refractivity contribution < 1.29 is 13.6 Å². The number of amides is 1. The van der Waals surface area contributed by atoms with Crippen LogP contribution in [0, 0.1) is 11.6 Å². The molecule has 3 nitrogen and oxygen atoms in total. The van der Waals surface area contributed by atoms with Crippen molar-refractivity contribution in [2.45, 2.75) is 12.8 Å². The summed E-state index contributed by atoms with van der Waals surface area (Å²) in [5.41, 5.74) is 5.10. The highest BCUT2D eigenvalue weighted by atomic mass is 32.1. The van der Waals surface area contributed by atoms with Crippen LogP contribution in [-0.2, 0) is 11.2 Å². The number of nitrogens with zero attached hydrogens (tertiary/aromatic N) is 1. The number of hydrogen-bond donors (Lipinski definition) is 1. The highest BCUT2D eigenvalue weighted by Gasteiger charge is 2.15. The minimum Gasteiger partial charge on any atom is -0.393 e. The lowest BCUT2D eigenvalue weighted by Crippen LogP contribution is -2.31. The quantitative estimate of drug-likeness (QED) is 0.829. The maximum absolute atomic E-state index is 13.3. The van der Waals surface area contributed by atoms with Gasteiger partial charge in [-0.15, -0.1) is 0 Å². The Kier molecular flexibility index (Phi) is 5.15. The van der Waals surface area contributed by atoms with Gasteiger partial charge in [-0.05, 0) is 12.1 Å². The third kappa shape index (κ3) is 4.03. The molecule has 18 heavy (non-hydrogen) atoms. The van der Waals surface area contributed by atoms with Crippen LogP contribution in [0.3, 0.4) is 0 Å². The predicted molar refractivity (Wildman–Crippen MR) is 69.1 cm³/mol. The molecule has 0 aliphatic carbocycles. The molecule has 1 amide bonds. The van der Waals surface area contributed by atoms with E-state index in [9.17, 15) is 13.6 Å². The topological polar surface area (TPSA) is 46.3 Å². The van der Waals surface area contributed by atoms with Crippen molar-refractivity contribution in [1.82, 2.24) is 4.90 Å². The first kappa shape index (κ1) is 14.5. The Balaban J connectivity index is 2.67. The number of thiocarbonyl (C=S) groups is 1. The van der Waals surface area contributed by atoms with E-state index in [1.54, 1.807) is 7.05 Å². The van der Waals surface area contributed by atoms with Crippen LogP contribution in [0.5, 0.6) is 0 Å². The van der Waals surface area contributed by atoms with Crippen molar-refractivity contribution in [3.63, 3.8) is 0 Å². The number of carbonyl (C=O) groups excluding carboxylic acids is 1. The second-order valence-electron chi connectivity index (χ2n) is 3.91. The van der Waals surface area contributed by atoms with E-state index in [4.69, 9.17) is 18.0 Å². The Morgan fingerprint density at radius 3 is 2.44 bits per heavy atom. The van der Waals surface area contributed by atoms with Crippen molar-refractivity contribution in [3.8, 4) is 0 Å². The van der Waals surface area contributed by atoms with E-state index in [1.165, 1.54) is 11.0 Å². The molecule has 98 valence electrons. The predicted octanol–water partition coefficient (Wildman–Crippen LogP) is 1.64. The molecule has 1 rings (SSSR count). The van der Waals surface area contributed by atoms with Gasteiger partial charge in [0.05, 0.1) is 11.4 Å². The van der Waals surface area contributed by atoms with Crippen LogP contribution in [0.25, 0.3) is 0 Å². The zero-order valence-electron chi connectivity index (χ0n) is 9.95. The molecule has 0 bridgehead atoms. The Bertz CT molecular complexity index is 445. The molecule has 0 aromatic heterocycles. The number of nitrogens with two attached hydrogens (primary N) is 1. The molecule has 1 aromatic rings. The van der Waals surface area contributed by atoms with E-state index in [1.807, 2.05) is 0 Å². The molecule has 0 saturated heterocycles. The average Bonchev–Trinajstić information content (AvgIpc) is 2.30. The molecule has 0 saturated carbocycles. The first-order valence-electron chi connectivity index (χ1n) is 5.37. The normalized spacial score (nSPS) is 10.2. The number of carbonyl (C=O) groups is 1. The minimum absolute atomic E-state index is 0.218. The highest BCUT2D eigenvalue weighted by Crippen LogP contribution is 2.13. The Morgan fingerprint density at radius 1 is 1.39 bits per heavy atom. The first-order valence-corrected chi connectivity index (χ1v) is 5.77. The lowest BCUT2D eigenvalue weighted by atomic mass is 10.1. The number of hydrogen-bond acceptors (Lipinski definition) is 2. The summed E-state index contributed by atoms with van der Waals surface area (Å²) in [5, 5.41) is 0. The molecule has 0 fully saturated rings. The number of likely N-dealkylation sites (N-methyl/N-ethyl adjacent to an activating group) is 1. The van der Waals surface area contributed by atoms with Gasteiger partial charge in [0.15, 0.2) is 0 Å². The van der Waals surface area contributed by atoms with E-state index >= 15 is 0 Å². The monoisotopic (exact) mass is 272 g/mol. The molecule has 0 radical (unpaired) electrons. The Morgan fingerprint density at radius 2 is 1.94 bits per heavy atom. The van der Waals surface area contributed by atoms with Gasteiger partial charge < -0.3 is 10.6 Å². The van der Waals surface area contributed by atoms with Crippen molar-refractivity contribution >= 4 is 23.1 Å². The minimum atomic E-state index is -0.717. The van der Waals surface area contributed by atoms with Crippen LogP contribution in [0.4, 0.5) is 8.78 Å². The third-order valence-corrected chi connectivity index (χ3v) is 2.71. The smallest absolute Gasteiger partial charge is 0.226 e. The molecule has 0 spiro atoms. The summed E-state index contributed by atoms with van der Waals surface area (Å²) in [5.74, 6) is -1.81. The van der Waals surface area contributed by atoms with Gasteiger partial charge in [-0.25, -0.2) is 8.78 Å². The average molecular weight is 272 g/mol. The maximum Gasteiger partial charge on any atom is 0.226 e. The molecule has 2 N–H and O–H groups in total. The SMILES string of the molecule is CN(CCC(N)=S)C(=O)Cc1c(F)cccc1F. The van der Waals surface area contributed by atoms with E-state index in [-0.39, 0.29) is 17.9 Å². The molecule has 0 aliphatic rings. The fourth-order valence-corrected chi connectivity index (χ4v) is 1.48. The third-order valence-electron chi connectivity index (χ3n) is 2.51. The molecule has 1 aromatic carbocycles. The van der Waals surface area contributed by atoms with E-state index in [0.717, 1.165) is 12.1 Å². The summed E-state index contributed by atoms with van der Waals surface area (Å²) in [6.07, 6.45) is 0.0731. The lowest BCUT2D eigenvalue weighted by molar-refractivity contribution is -0.129. The largest absolute Gasteiger partial charge is 0.393 e. The molecule has 0 atom stereocenters. The molecular weight excluding hydrogens is 258 g/mol. The second-order valence-corrected chi connectivity index (χ2v) is 4.43. The van der Waals surface area contributed by atoms with Crippen LogP contribution in [0.1, 0.15) is 12.0 Å². The van der Waals surface area contributed by atoms with Gasteiger partial charge in [0.1, 0.15) is 11.6 Å². The van der Waals surface area contributed by atoms with Gasteiger partial charge in [0.25, 0.3) is 0 Å². The van der Waals surface area contributed by atoms with Crippen molar-refractivity contribution in [2.24, 2.45) is 5.73 Å². The van der Waals surface area contributed by atoms with Crippen LogP contribution < -0.4 is 5.73 Å². The van der Waals surface area contributed by atoms with Gasteiger partial charge in [-0.3, -0.25) is 4.79 Å². The van der Waals surface area contributed by atoms with Crippen molar-refractivity contribution in [2.75, 3.05) is 13.6 Å². The van der Waals surface area contributed by atoms with Crippen molar-refractivity contribution in [3.05, 3.63) is 35.4 Å². The van der Waals surface area contributed by atoms with Crippen LogP contribution in [0.2, 0.25) is 0 Å². The van der Waals surface area contributed by atoms with Crippen LogP contribution in [-0.4, -0.2) is 29.4 Å². The number of halogens is 2. The molecule has 6 heteroatoms. The van der Waals surface area contributed by atoms with E-state index in [0.29, 0.717) is 18.0 Å². The van der Waals surface area contributed by atoms with Crippen LogP contribution in [0.15, 0.2) is 18.2 Å². The zero-order chi connectivity index (χ0) is 13.7. The summed E-state index contributed by atoms with van der Waals surface area (Å²) in [6.45, 7) is 0.338. The fourth-order valence-electron chi connectivity index (χ4n) is 1.39. The summed E-state index contributed by atoms with van der Waals surface area (Å²) in [4.78, 5) is 13.4. The fraction of sp³-hybridized carbons (Fsp3) is 0.333. The Hall–Kier alpha value is -1.56.